The van der Waals surface area contributed by atoms with Crippen molar-refractivity contribution in [1.29, 1.82) is 0 Å². The van der Waals surface area contributed by atoms with Gasteiger partial charge in [-0.1, -0.05) is 18.6 Å². The van der Waals surface area contributed by atoms with Gasteiger partial charge in [-0.3, -0.25) is 0 Å². The molecule has 0 bridgehead atoms. The Balaban J connectivity index is 0. The molecule has 0 fully saturated rings. The molecule has 0 saturated carbocycles. The molecule has 0 spiro atoms. The van der Waals surface area contributed by atoms with Crippen molar-refractivity contribution >= 4 is 0 Å². The molecular formula is C8H12O. The average Bonchev–Trinajstić information content (AvgIpc) is 1.90. The third-order valence-electron chi connectivity index (χ3n) is 0.991. The fourth-order valence-electron chi connectivity index (χ4n) is 0.435. The highest BCUT2D eigenvalue weighted by atomic mass is 16.5. The molecule has 1 nitrogen and oxygen atoms in total. The number of terminal acetylenes is 1. The van der Waals surface area contributed by atoms with E-state index in [9.17, 15) is 0 Å². The van der Waals surface area contributed by atoms with E-state index in [4.69, 9.17) is 11.2 Å². The number of ether oxygens (including phenoxy) is 1. The van der Waals surface area contributed by atoms with Crippen molar-refractivity contribution in [3.05, 3.63) is 24.0 Å². The van der Waals surface area contributed by atoms with Crippen LogP contribution >= 0.6 is 0 Å². The zero-order chi connectivity index (χ0) is 7.28. The molecule has 50 valence electrons. The van der Waals surface area contributed by atoms with Gasteiger partial charge in [-0.05, 0) is 6.92 Å². The molecular weight excluding hydrogens is 112 g/mol. The van der Waals surface area contributed by atoms with Gasteiger partial charge in [0.05, 0.1) is 12.7 Å². The van der Waals surface area contributed by atoms with Crippen molar-refractivity contribution in [3.8, 4) is 12.3 Å². The first-order valence-corrected chi connectivity index (χ1v) is 2.62. The highest BCUT2D eigenvalue weighted by Crippen LogP contribution is 2.04. The van der Waals surface area contributed by atoms with Crippen LogP contribution in [0.2, 0.25) is 0 Å². The summed E-state index contributed by atoms with van der Waals surface area (Å²) in [5, 5.41) is 0. The molecule has 0 aromatic rings. The molecule has 0 radical (unpaired) electrons. The molecule has 0 aliphatic carbocycles. The molecule has 0 atom stereocenters. The van der Waals surface area contributed by atoms with Gasteiger partial charge in [0.15, 0.2) is 0 Å². The van der Waals surface area contributed by atoms with E-state index >= 15 is 0 Å². The van der Waals surface area contributed by atoms with Gasteiger partial charge in [0.25, 0.3) is 0 Å². The summed E-state index contributed by atoms with van der Waals surface area (Å²) < 4.78 is 4.79. The monoisotopic (exact) mass is 124 g/mol. The number of allylic oxidation sites excluding steroid dienone is 2. The van der Waals surface area contributed by atoms with Crippen LogP contribution < -0.4 is 0 Å². The fraction of sp³-hybridized carbons (Fsp3) is 0.250. The average molecular weight is 124 g/mol. The summed E-state index contributed by atoms with van der Waals surface area (Å²) in [4.78, 5) is 0. The van der Waals surface area contributed by atoms with E-state index in [0.717, 1.165) is 0 Å². The largest absolute Gasteiger partial charge is 0.496 e. The molecule has 0 amide bonds. The Kier molecular flexibility index (Phi) is 3.31. The van der Waals surface area contributed by atoms with Gasteiger partial charge in [-0.15, -0.1) is 6.42 Å². The summed E-state index contributed by atoms with van der Waals surface area (Å²) in [6, 6.07) is 0. The van der Waals surface area contributed by atoms with Gasteiger partial charge in [-0.2, -0.15) is 0 Å². The van der Waals surface area contributed by atoms with Crippen LogP contribution in [0.3, 0.4) is 0 Å². The Bertz CT molecular complexity index is 174. The summed E-state index contributed by atoms with van der Waals surface area (Å²) in [6.45, 7) is 5.43. The minimum absolute atomic E-state index is 0. The first-order valence-electron chi connectivity index (χ1n) is 2.62. The second kappa shape index (κ2) is 3.80. The van der Waals surface area contributed by atoms with E-state index in [1.54, 1.807) is 13.2 Å². The van der Waals surface area contributed by atoms with Crippen molar-refractivity contribution in [2.45, 2.75) is 6.92 Å². The third-order valence-corrected chi connectivity index (χ3v) is 0.991. The predicted octanol–water partition coefficient (Wildman–Crippen LogP) is 1.97. The summed E-state index contributed by atoms with van der Waals surface area (Å²) in [5.41, 5.74) is 0.706. The maximum absolute atomic E-state index is 5.10. The van der Waals surface area contributed by atoms with Crippen LogP contribution in [-0.4, -0.2) is 7.11 Å². The summed E-state index contributed by atoms with van der Waals surface area (Å²) >= 11 is 0. The lowest BCUT2D eigenvalue weighted by Gasteiger charge is -2.00. The lowest BCUT2D eigenvalue weighted by Crippen LogP contribution is -1.86. The van der Waals surface area contributed by atoms with Crippen LogP contribution in [-0.2, 0) is 4.74 Å². The van der Waals surface area contributed by atoms with Crippen molar-refractivity contribution in [3.63, 3.8) is 0 Å². The second-order valence-electron chi connectivity index (χ2n) is 1.47. The van der Waals surface area contributed by atoms with Gasteiger partial charge in [0, 0.05) is 1.43 Å². The van der Waals surface area contributed by atoms with Crippen molar-refractivity contribution < 1.29 is 6.16 Å². The Labute approximate surface area is 57.5 Å². The van der Waals surface area contributed by atoms with Crippen LogP contribution in [0.4, 0.5) is 0 Å². The maximum Gasteiger partial charge on any atom is 0.126 e. The molecule has 1 heteroatoms. The number of methoxy groups -OCH3 is 1. The van der Waals surface area contributed by atoms with Crippen molar-refractivity contribution in [2.75, 3.05) is 7.11 Å². The number of hydrogen-bond acceptors (Lipinski definition) is 1. The van der Waals surface area contributed by atoms with E-state index < -0.39 is 0 Å². The summed E-state index contributed by atoms with van der Waals surface area (Å²) in [5.74, 6) is 2.98. The zero-order valence-corrected chi connectivity index (χ0v) is 5.77. The zero-order valence-electron chi connectivity index (χ0n) is 5.77. The Hall–Kier alpha value is -1.16. The maximum atomic E-state index is 5.10. The van der Waals surface area contributed by atoms with Crippen molar-refractivity contribution in [1.82, 2.24) is 0 Å². The summed E-state index contributed by atoms with van der Waals surface area (Å²) in [6.07, 6.45) is 6.88. The van der Waals surface area contributed by atoms with Gasteiger partial charge in [0.1, 0.15) is 5.76 Å². The van der Waals surface area contributed by atoms with Gasteiger partial charge >= 0.3 is 0 Å². The normalized spacial score (nSPS) is 10.1. The Morgan fingerprint density at radius 3 is 2.56 bits per heavy atom. The molecule has 9 heavy (non-hydrogen) atoms. The van der Waals surface area contributed by atoms with Crippen LogP contribution in [0.5, 0.6) is 0 Å². The molecule has 0 rings (SSSR count). The molecule has 0 aliphatic heterocycles. The predicted molar refractivity (Wildman–Crippen MR) is 40.9 cm³/mol. The quantitative estimate of drug-likeness (QED) is 0.310. The number of rotatable bonds is 2. The lowest BCUT2D eigenvalue weighted by molar-refractivity contribution is 0.305. The van der Waals surface area contributed by atoms with Gasteiger partial charge in [0.2, 0.25) is 0 Å². The smallest absolute Gasteiger partial charge is 0.126 e. The Morgan fingerprint density at radius 2 is 2.44 bits per heavy atom. The topological polar surface area (TPSA) is 9.23 Å². The molecule has 0 aromatic carbocycles. The third kappa shape index (κ3) is 2.05. The van der Waals surface area contributed by atoms with Crippen LogP contribution in [0.1, 0.15) is 8.35 Å². The fourth-order valence-corrected chi connectivity index (χ4v) is 0.435. The highest BCUT2D eigenvalue weighted by molar-refractivity contribution is 5.38. The van der Waals surface area contributed by atoms with Crippen molar-refractivity contribution in [2.24, 2.45) is 0 Å². The molecule has 0 heterocycles. The molecule has 0 N–H and O–H groups in total. The molecule has 0 aliphatic rings. The molecule has 0 aromatic heterocycles. The molecule has 0 saturated heterocycles. The van der Waals surface area contributed by atoms with E-state index in [0.29, 0.717) is 11.3 Å². The number of hydrogen-bond donors (Lipinski definition) is 0. The highest BCUT2D eigenvalue weighted by Gasteiger charge is 1.93. The minimum Gasteiger partial charge on any atom is -0.496 e. The van der Waals surface area contributed by atoms with Crippen LogP contribution in [0.25, 0.3) is 0 Å². The van der Waals surface area contributed by atoms with Crippen LogP contribution in [0.15, 0.2) is 24.0 Å². The minimum atomic E-state index is 0. The van der Waals surface area contributed by atoms with Gasteiger partial charge in [-0.25, -0.2) is 0 Å². The SMILES string of the molecule is C#C/C(=C/C)C(=C)OC.[HH]. The van der Waals surface area contributed by atoms with E-state index in [1.807, 2.05) is 6.92 Å². The van der Waals surface area contributed by atoms with E-state index in [-0.39, 0.29) is 1.43 Å². The van der Waals surface area contributed by atoms with Crippen LogP contribution in [0, 0.1) is 12.3 Å². The molecule has 0 unspecified atom stereocenters. The van der Waals surface area contributed by atoms with Gasteiger partial charge < -0.3 is 4.74 Å². The van der Waals surface area contributed by atoms with E-state index in [2.05, 4.69) is 12.5 Å². The standard InChI is InChI=1S/C8H10O.H2/c1-5-8(6-2)7(3)9-4;/h1,6H,3H2,2,4H3;1H/b8-6-;. The second-order valence-corrected chi connectivity index (χ2v) is 1.47. The summed E-state index contributed by atoms with van der Waals surface area (Å²) in [7, 11) is 1.54. The van der Waals surface area contributed by atoms with E-state index in [1.165, 1.54) is 0 Å². The first-order chi connectivity index (χ1) is 4.26. The Morgan fingerprint density at radius 1 is 1.89 bits per heavy atom. The first kappa shape index (κ1) is 7.84. The lowest BCUT2D eigenvalue weighted by atomic mass is 10.2.